The number of methoxy groups -OCH3 is 1. The molecule has 1 aromatic heterocycles. The number of thiophene rings is 1. The van der Waals surface area contributed by atoms with E-state index in [9.17, 15) is 23.1 Å². The first-order valence-electron chi connectivity index (χ1n) is 6.71. The third-order valence-electron chi connectivity index (χ3n) is 3.83. The average molecular weight is 347 g/mol. The molecule has 0 saturated carbocycles. The number of ether oxygens (including phenoxy) is 1. The number of carboxylic acid groups (broad SMARTS) is 1. The molecule has 1 aliphatic heterocycles. The zero-order chi connectivity index (χ0) is 16.5. The average Bonchev–Trinajstić information content (AvgIpc) is 2.96. The van der Waals surface area contributed by atoms with Crippen LogP contribution in [0, 0.1) is 5.92 Å². The van der Waals surface area contributed by atoms with Gasteiger partial charge < -0.3 is 9.84 Å². The van der Waals surface area contributed by atoms with Gasteiger partial charge >= 0.3 is 11.9 Å². The van der Waals surface area contributed by atoms with Crippen molar-refractivity contribution in [3.63, 3.8) is 0 Å². The van der Waals surface area contributed by atoms with Gasteiger partial charge in [-0.1, -0.05) is 0 Å². The number of carboxylic acids is 1. The molecule has 2 atom stereocenters. The van der Waals surface area contributed by atoms with E-state index in [-0.39, 0.29) is 16.3 Å². The van der Waals surface area contributed by atoms with Crippen LogP contribution in [0.1, 0.15) is 29.4 Å². The van der Waals surface area contributed by atoms with Crippen molar-refractivity contribution < 1.29 is 27.9 Å². The van der Waals surface area contributed by atoms with Crippen LogP contribution in [0.25, 0.3) is 0 Å². The van der Waals surface area contributed by atoms with E-state index in [1.165, 1.54) is 22.9 Å². The van der Waals surface area contributed by atoms with Crippen LogP contribution in [0.3, 0.4) is 0 Å². The first-order chi connectivity index (χ1) is 10.3. The van der Waals surface area contributed by atoms with Gasteiger partial charge in [0.1, 0.15) is 9.77 Å². The van der Waals surface area contributed by atoms with Gasteiger partial charge in [0.15, 0.2) is 0 Å². The van der Waals surface area contributed by atoms with Crippen LogP contribution in [0.4, 0.5) is 0 Å². The fourth-order valence-electron chi connectivity index (χ4n) is 2.65. The molecule has 0 amide bonds. The summed E-state index contributed by atoms with van der Waals surface area (Å²) in [6.07, 6.45) is 0.911. The summed E-state index contributed by atoms with van der Waals surface area (Å²) >= 11 is 0.985. The topological polar surface area (TPSA) is 101 Å². The molecule has 22 heavy (non-hydrogen) atoms. The third kappa shape index (κ3) is 2.88. The Bertz CT molecular complexity index is 680. The summed E-state index contributed by atoms with van der Waals surface area (Å²) in [6.45, 7) is 1.82. The van der Waals surface area contributed by atoms with Crippen molar-refractivity contribution in [2.75, 3.05) is 13.7 Å². The number of hydrogen-bond donors (Lipinski definition) is 1. The minimum Gasteiger partial charge on any atom is -0.481 e. The van der Waals surface area contributed by atoms with Crippen molar-refractivity contribution in [2.24, 2.45) is 5.92 Å². The number of sulfonamides is 1. The van der Waals surface area contributed by atoms with E-state index in [0.29, 0.717) is 12.8 Å². The summed E-state index contributed by atoms with van der Waals surface area (Å²) in [5, 5.41) is 10.7. The van der Waals surface area contributed by atoms with Crippen LogP contribution in [-0.2, 0) is 19.6 Å². The zero-order valence-electron chi connectivity index (χ0n) is 12.2. The Morgan fingerprint density at radius 2 is 2.14 bits per heavy atom. The summed E-state index contributed by atoms with van der Waals surface area (Å²) in [5.74, 6) is -2.47. The number of hydrogen-bond acceptors (Lipinski definition) is 6. The van der Waals surface area contributed by atoms with E-state index in [1.54, 1.807) is 6.92 Å². The lowest BCUT2D eigenvalue weighted by Crippen LogP contribution is -2.49. The molecule has 7 nitrogen and oxygen atoms in total. The molecule has 2 rings (SSSR count). The zero-order valence-corrected chi connectivity index (χ0v) is 13.8. The largest absolute Gasteiger partial charge is 0.481 e. The molecule has 122 valence electrons. The van der Waals surface area contributed by atoms with Crippen molar-refractivity contribution >= 4 is 33.3 Å². The van der Waals surface area contributed by atoms with E-state index in [4.69, 9.17) is 0 Å². The van der Waals surface area contributed by atoms with Gasteiger partial charge in [-0.05, 0) is 31.2 Å². The van der Waals surface area contributed by atoms with E-state index >= 15 is 0 Å². The molecule has 0 aromatic carbocycles. The molecular weight excluding hydrogens is 330 g/mol. The maximum Gasteiger partial charge on any atom is 0.349 e. The molecule has 9 heteroatoms. The number of carbonyl (C=O) groups excluding carboxylic acids is 1. The molecule has 0 radical (unpaired) electrons. The minimum atomic E-state index is -3.94. The molecule has 0 bridgehead atoms. The summed E-state index contributed by atoms with van der Waals surface area (Å²) < 4.78 is 31.4. The highest BCUT2D eigenvalue weighted by atomic mass is 32.2. The molecule has 1 saturated heterocycles. The number of piperidine rings is 1. The SMILES string of the molecule is COC(=O)c1sccc1S(=O)(=O)N1CCC[C@H](C(=O)O)[C@@H]1C. The molecule has 0 spiro atoms. The van der Waals surface area contributed by atoms with Crippen molar-refractivity contribution in [2.45, 2.75) is 30.7 Å². The smallest absolute Gasteiger partial charge is 0.349 e. The van der Waals surface area contributed by atoms with Crippen molar-refractivity contribution in [1.29, 1.82) is 0 Å². The fraction of sp³-hybridized carbons (Fsp3) is 0.538. The second-order valence-corrected chi connectivity index (χ2v) is 7.82. The van der Waals surface area contributed by atoms with Gasteiger partial charge in [-0.2, -0.15) is 4.31 Å². The maximum atomic E-state index is 12.8. The summed E-state index contributed by atoms with van der Waals surface area (Å²) in [5.41, 5.74) is 0. The van der Waals surface area contributed by atoms with E-state index in [1.807, 2.05) is 0 Å². The minimum absolute atomic E-state index is 0.00662. The Morgan fingerprint density at radius 3 is 2.73 bits per heavy atom. The van der Waals surface area contributed by atoms with Crippen LogP contribution >= 0.6 is 11.3 Å². The Hall–Kier alpha value is -1.45. The number of aliphatic carboxylic acids is 1. The first-order valence-corrected chi connectivity index (χ1v) is 9.03. The second-order valence-electron chi connectivity index (χ2n) is 5.05. The predicted octanol–water partition coefficient (Wildman–Crippen LogP) is 1.41. The highest BCUT2D eigenvalue weighted by molar-refractivity contribution is 7.89. The van der Waals surface area contributed by atoms with E-state index in [0.717, 1.165) is 11.3 Å². The number of rotatable bonds is 4. The third-order valence-corrected chi connectivity index (χ3v) is 6.89. The van der Waals surface area contributed by atoms with Gasteiger partial charge in [0.25, 0.3) is 0 Å². The maximum absolute atomic E-state index is 12.8. The van der Waals surface area contributed by atoms with Crippen LogP contribution in [-0.4, -0.2) is 49.5 Å². The van der Waals surface area contributed by atoms with Gasteiger partial charge in [0, 0.05) is 12.6 Å². The molecule has 0 unspecified atom stereocenters. The van der Waals surface area contributed by atoms with Gasteiger partial charge in [0.2, 0.25) is 10.0 Å². The lowest BCUT2D eigenvalue weighted by Gasteiger charge is -2.36. The Labute approximate surface area is 132 Å². The van der Waals surface area contributed by atoms with Gasteiger partial charge in [-0.15, -0.1) is 11.3 Å². The summed E-state index contributed by atoms with van der Waals surface area (Å²) in [7, 11) is -2.76. The van der Waals surface area contributed by atoms with E-state index in [2.05, 4.69) is 4.74 Å². The highest BCUT2D eigenvalue weighted by Crippen LogP contribution is 2.32. The molecule has 1 fully saturated rings. The summed E-state index contributed by atoms with van der Waals surface area (Å²) in [6, 6.07) is 0.685. The first kappa shape index (κ1) is 16.9. The standard InChI is InChI=1S/C13H17NO6S2/c1-8-9(12(15)16)4-3-6-14(8)22(18,19)10-5-7-21-11(10)13(17)20-2/h5,7-9H,3-4,6H2,1-2H3,(H,15,16)/t8-,9-/m0/s1. The van der Waals surface area contributed by atoms with Crippen LogP contribution < -0.4 is 0 Å². The summed E-state index contributed by atoms with van der Waals surface area (Å²) in [4.78, 5) is 22.8. The quantitative estimate of drug-likeness (QED) is 0.827. The number of esters is 1. The molecule has 1 aliphatic rings. The molecule has 0 aliphatic carbocycles. The Balaban J connectivity index is 2.40. The highest BCUT2D eigenvalue weighted by Gasteiger charge is 2.41. The fourth-order valence-corrected chi connectivity index (χ4v) is 5.66. The Morgan fingerprint density at radius 1 is 1.45 bits per heavy atom. The second kappa shape index (κ2) is 6.35. The number of nitrogens with zero attached hydrogens (tertiary/aromatic N) is 1. The van der Waals surface area contributed by atoms with Crippen molar-refractivity contribution in [1.82, 2.24) is 4.31 Å². The monoisotopic (exact) mass is 347 g/mol. The predicted molar refractivity (Wildman–Crippen MR) is 79.4 cm³/mol. The van der Waals surface area contributed by atoms with Crippen LogP contribution in [0.15, 0.2) is 16.3 Å². The molecule has 1 N–H and O–H groups in total. The van der Waals surface area contributed by atoms with Crippen molar-refractivity contribution in [3.05, 3.63) is 16.3 Å². The van der Waals surface area contributed by atoms with Gasteiger partial charge in [-0.25, -0.2) is 13.2 Å². The normalized spacial score (nSPS) is 23.2. The van der Waals surface area contributed by atoms with E-state index < -0.39 is 33.9 Å². The molecule has 1 aromatic rings. The lowest BCUT2D eigenvalue weighted by molar-refractivity contribution is -0.144. The number of carbonyl (C=O) groups is 2. The van der Waals surface area contributed by atoms with Crippen molar-refractivity contribution in [3.8, 4) is 0 Å². The van der Waals surface area contributed by atoms with Gasteiger partial charge in [0.05, 0.1) is 13.0 Å². The van der Waals surface area contributed by atoms with Crippen LogP contribution in [0.5, 0.6) is 0 Å². The Kier molecular flexibility index (Phi) is 4.88. The molecular formula is C13H17NO6S2. The molecule has 2 heterocycles. The van der Waals surface area contributed by atoms with Gasteiger partial charge in [-0.3, -0.25) is 4.79 Å². The lowest BCUT2D eigenvalue weighted by atomic mass is 9.92. The van der Waals surface area contributed by atoms with Crippen LogP contribution in [0.2, 0.25) is 0 Å².